The quantitative estimate of drug-likeness (QED) is 0.668. The van der Waals surface area contributed by atoms with Crippen LogP contribution in [-0.4, -0.2) is 11.6 Å². The lowest BCUT2D eigenvalue weighted by molar-refractivity contribution is 0.0982. The van der Waals surface area contributed by atoms with E-state index in [0.29, 0.717) is 21.6 Å². The summed E-state index contributed by atoms with van der Waals surface area (Å²) in [4.78, 5) is 26.6. The predicted molar refractivity (Wildman–Crippen MR) is 71.7 cm³/mol. The van der Waals surface area contributed by atoms with Crippen molar-refractivity contribution in [1.29, 1.82) is 0 Å². The second kappa shape index (κ2) is 3.89. The summed E-state index contributed by atoms with van der Waals surface area (Å²) in [7, 11) is 0. The summed E-state index contributed by atoms with van der Waals surface area (Å²) in [6, 6.07) is 7.08. The molecule has 0 spiro atoms. The fourth-order valence-electron chi connectivity index (χ4n) is 2.47. The summed E-state index contributed by atoms with van der Waals surface area (Å²) in [6.07, 6.45) is 0.862. The molecular weight excluding hydrogens is 244 g/mol. The van der Waals surface area contributed by atoms with Gasteiger partial charge in [-0.3, -0.25) is 9.59 Å². The van der Waals surface area contributed by atoms with Gasteiger partial charge in [0.1, 0.15) is 0 Å². The topological polar surface area (TPSA) is 34.1 Å². The van der Waals surface area contributed by atoms with Gasteiger partial charge in [0.2, 0.25) is 5.78 Å². The number of fused-ring (bicyclic) bond motifs is 2. The molecule has 1 aliphatic carbocycles. The molecule has 0 saturated carbocycles. The van der Waals surface area contributed by atoms with E-state index in [2.05, 4.69) is 0 Å². The Morgan fingerprint density at radius 1 is 1.06 bits per heavy atom. The van der Waals surface area contributed by atoms with Gasteiger partial charge in [0.05, 0.1) is 4.88 Å². The molecule has 0 unspecified atom stereocenters. The fourth-order valence-corrected chi connectivity index (χ4v) is 3.66. The van der Waals surface area contributed by atoms with Crippen molar-refractivity contribution in [3.63, 3.8) is 0 Å². The maximum Gasteiger partial charge on any atom is 0.204 e. The third-order valence-electron chi connectivity index (χ3n) is 3.42. The van der Waals surface area contributed by atoms with Gasteiger partial charge in [-0.1, -0.05) is 31.2 Å². The van der Waals surface area contributed by atoms with Crippen molar-refractivity contribution < 1.29 is 9.59 Å². The second-order valence-corrected chi connectivity index (χ2v) is 5.52. The van der Waals surface area contributed by atoms with E-state index in [0.717, 1.165) is 16.9 Å². The summed E-state index contributed by atoms with van der Waals surface area (Å²) >= 11 is 1.47. The molecule has 0 fully saturated rings. The Morgan fingerprint density at radius 2 is 1.67 bits per heavy atom. The zero-order valence-corrected chi connectivity index (χ0v) is 11.1. The van der Waals surface area contributed by atoms with Crippen molar-refractivity contribution >= 4 is 22.9 Å². The Balaban J connectivity index is 2.32. The van der Waals surface area contributed by atoms with Crippen LogP contribution in [0.4, 0.5) is 0 Å². The average molecular weight is 256 g/mol. The van der Waals surface area contributed by atoms with Crippen LogP contribution < -0.4 is 0 Å². The molecule has 1 aliphatic rings. The number of hydrogen-bond acceptors (Lipinski definition) is 3. The molecule has 2 aromatic rings. The van der Waals surface area contributed by atoms with Gasteiger partial charge in [0.25, 0.3) is 0 Å². The molecule has 1 aromatic heterocycles. The highest BCUT2D eigenvalue weighted by atomic mass is 32.1. The number of thiophene rings is 1. The predicted octanol–water partition coefficient (Wildman–Crippen LogP) is 3.39. The van der Waals surface area contributed by atoms with E-state index in [9.17, 15) is 9.59 Å². The third-order valence-corrected chi connectivity index (χ3v) is 4.85. The minimum atomic E-state index is -0.00648. The van der Waals surface area contributed by atoms with Crippen LogP contribution >= 0.6 is 11.3 Å². The number of rotatable bonds is 1. The number of carbonyl (C=O) groups is 2. The molecule has 0 radical (unpaired) electrons. The number of aryl methyl sites for hydroxylation is 1. The number of carbonyl (C=O) groups excluding carboxylic acids is 2. The van der Waals surface area contributed by atoms with Crippen LogP contribution in [0.25, 0.3) is 0 Å². The van der Waals surface area contributed by atoms with Gasteiger partial charge in [-0.2, -0.15) is 0 Å². The van der Waals surface area contributed by atoms with Crippen LogP contribution in [0.3, 0.4) is 0 Å². The molecule has 3 rings (SSSR count). The maximum absolute atomic E-state index is 12.5. The van der Waals surface area contributed by atoms with Gasteiger partial charge in [-0.25, -0.2) is 0 Å². The van der Waals surface area contributed by atoms with Crippen molar-refractivity contribution in [3.8, 4) is 0 Å². The summed E-state index contributed by atoms with van der Waals surface area (Å²) < 4.78 is 0. The third kappa shape index (κ3) is 1.34. The number of benzene rings is 1. The van der Waals surface area contributed by atoms with Crippen LogP contribution in [0.1, 0.15) is 48.5 Å². The molecule has 1 heterocycles. The molecule has 0 amide bonds. The normalized spacial score (nSPS) is 13.4. The Bertz CT molecular complexity index is 680. The minimum absolute atomic E-state index is 0.00588. The lowest BCUT2D eigenvalue weighted by atomic mass is 9.87. The first-order valence-electron chi connectivity index (χ1n) is 5.95. The zero-order valence-electron chi connectivity index (χ0n) is 10.2. The van der Waals surface area contributed by atoms with E-state index in [4.69, 9.17) is 0 Å². The Labute approximate surface area is 109 Å². The molecule has 3 heteroatoms. The van der Waals surface area contributed by atoms with Crippen molar-refractivity contribution in [3.05, 3.63) is 56.3 Å². The van der Waals surface area contributed by atoms with E-state index in [1.54, 1.807) is 24.3 Å². The van der Waals surface area contributed by atoms with Crippen molar-refractivity contribution in [2.75, 3.05) is 0 Å². The highest BCUT2D eigenvalue weighted by molar-refractivity contribution is 7.15. The van der Waals surface area contributed by atoms with E-state index in [-0.39, 0.29) is 11.6 Å². The molecule has 0 atom stereocenters. The molecule has 90 valence electrons. The van der Waals surface area contributed by atoms with Crippen molar-refractivity contribution in [1.82, 2.24) is 0 Å². The first-order valence-corrected chi connectivity index (χ1v) is 6.77. The molecule has 1 aromatic carbocycles. The van der Waals surface area contributed by atoms with Crippen LogP contribution in [0.2, 0.25) is 0 Å². The van der Waals surface area contributed by atoms with Crippen LogP contribution in [0, 0.1) is 6.92 Å². The highest BCUT2D eigenvalue weighted by Gasteiger charge is 2.33. The van der Waals surface area contributed by atoms with E-state index in [1.807, 2.05) is 13.8 Å². The SMILES string of the molecule is CCc1sc2c(c1C)C(=O)c1ccccc1C2=O. The van der Waals surface area contributed by atoms with Crippen LogP contribution in [0.15, 0.2) is 24.3 Å². The maximum atomic E-state index is 12.5. The Hall–Kier alpha value is -1.74. The highest BCUT2D eigenvalue weighted by Crippen LogP contribution is 2.36. The zero-order chi connectivity index (χ0) is 12.9. The standard InChI is InChI=1S/C15H12O2S/c1-3-11-8(2)12-13(16)9-6-4-5-7-10(9)14(17)15(12)18-11/h4-7H,3H2,1-2H3. The van der Waals surface area contributed by atoms with Crippen LogP contribution in [-0.2, 0) is 6.42 Å². The lowest BCUT2D eigenvalue weighted by Gasteiger charge is -2.14. The smallest absolute Gasteiger partial charge is 0.204 e. The average Bonchev–Trinajstić information content (AvgIpc) is 2.73. The van der Waals surface area contributed by atoms with Gasteiger partial charge < -0.3 is 0 Å². The summed E-state index contributed by atoms with van der Waals surface area (Å²) in [5.41, 5.74) is 2.68. The van der Waals surface area contributed by atoms with Crippen molar-refractivity contribution in [2.24, 2.45) is 0 Å². The molecule has 0 N–H and O–H groups in total. The molecule has 18 heavy (non-hydrogen) atoms. The molecule has 2 nitrogen and oxygen atoms in total. The lowest BCUT2D eigenvalue weighted by Crippen LogP contribution is -2.19. The molecule has 0 aliphatic heterocycles. The van der Waals surface area contributed by atoms with Gasteiger partial charge in [-0.05, 0) is 18.9 Å². The van der Waals surface area contributed by atoms with Gasteiger partial charge in [0, 0.05) is 21.6 Å². The molecular formula is C15H12O2S. The Kier molecular flexibility index (Phi) is 2.45. The summed E-state index contributed by atoms with van der Waals surface area (Å²) in [5.74, 6) is -0.0124. The monoisotopic (exact) mass is 256 g/mol. The van der Waals surface area contributed by atoms with E-state index in [1.165, 1.54) is 11.3 Å². The number of ketones is 2. The largest absolute Gasteiger partial charge is 0.289 e. The number of hydrogen-bond donors (Lipinski definition) is 0. The van der Waals surface area contributed by atoms with E-state index < -0.39 is 0 Å². The molecule has 0 saturated heterocycles. The van der Waals surface area contributed by atoms with Gasteiger partial charge in [-0.15, -0.1) is 11.3 Å². The first kappa shape index (κ1) is 11.4. The van der Waals surface area contributed by atoms with Crippen molar-refractivity contribution in [2.45, 2.75) is 20.3 Å². The first-order chi connectivity index (χ1) is 8.65. The fraction of sp³-hybridized carbons (Fsp3) is 0.200. The van der Waals surface area contributed by atoms with Crippen LogP contribution in [0.5, 0.6) is 0 Å². The Morgan fingerprint density at radius 3 is 2.28 bits per heavy atom. The summed E-state index contributed by atoms with van der Waals surface area (Å²) in [6.45, 7) is 3.99. The molecule has 0 bridgehead atoms. The van der Waals surface area contributed by atoms with Gasteiger partial charge >= 0.3 is 0 Å². The van der Waals surface area contributed by atoms with E-state index >= 15 is 0 Å². The van der Waals surface area contributed by atoms with Gasteiger partial charge in [0.15, 0.2) is 5.78 Å². The second-order valence-electron chi connectivity index (χ2n) is 4.41. The minimum Gasteiger partial charge on any atom is -0.289 e. The summed E-state index contributed by atoms with van der Waals surface area (Å²) in [5, 5.41) is 0.